The normalized spacial score (nSPS) is 10.1. The molecule has 0 aliphatic carbocycles. The summed E-state index contributed by atoms with van der Waals surface area (Å²) in [5.41, 5.74) is 0. The van der Waals surface area contributed by atoms with Gasteiger partial charge in [-0.2, -0.15) is 0 Å². The molecule has 0 saturated carbocycles. The Morgan fingerprint density at radius 3 is 2.05 bits per heavy atom. The number of halogens is 1. The van der Waals surface area contributed by atoms with E-state index in [1.165, 1.54) is 6.33 Å². The van der Waals surface area contributed by atoms with Gasteiger partial charge in [-0.05, 0) is 59.0 Å². The molecule has 0 aliphatic heterocycles. The monoisotopic (exact) mass is 390 g/mol. The van der Waals surface area contributed by atoms with Crippen LogP contribution in [-0.4, -0.2) is 9.97 Å². The number of para-hydroxylation sites is 1. The lowest BCUT2D eigenvalue weighted by atomic mass is 10.3. The minimum Gasteiger partial charge on any atom is -0.457 e. The molecule has 0 atom stereocenters. The molecule has 0 saturated heterocycles. The summed E-state index contributed by atoms with van der Waals surface area (Å²) in [5, 5.41) is 0. The second-order valence-electron chi connectivity index (χ2n) is 4.16. The quantitative estimate of drug-likeness (QED) is 0.608. The molecule has 0 fully saturated rings. The maximum absolute atomic E-state index is 5.72. The molecule has 0 amide bonds. The zero-order chi connectivity index (χ0) is 14.5. The largest absolute Gasteiger partial charge is 0.457 e. The van der Waals surface area contributed by atoms with Crippen LogP contribution in [0, 0.1) is 3.57 Å². The SMILES string of the molecule is Ic1cncnc1Oc1ccc(Oc2ccccc2)cc1. The molecule has 5 heteroatoms. The van der Waals surface area contributed by atoms with Crippen molar-refractivity contribution in [3.05, 3.63) is 70.7 Å². The van der Waals surface area contributed by atoms with Gasteiger partial charge >= 0.3 is 0 Å². The smallest absolute Gasteiger partial charge is 0.235 e. The molecule has 3 rings (SSSR count). The number of hydrogen-bond acceptors (Lipinski definition) is 4. The highest BCUT2D eigenvalue weighted by Gasteiger charge is 2.04. The summed E-state index contributed by atoms with van der Waals surface area (Å²) in [6.45, 7) is 0. The Kier molecular flexibility index (Phi) is 4.30. The van der Waals surface area contributed by atoms with E-state index < -0.39 is 0 Å². The van der Waals surface area contributed by atoms with Crippen LogP contribution in [0.25, 0.3) is 0 Å². The van der Waals surface area contributed by atoms with Crippen LogP contribution in [0.2, 0.25) is 0 Å². The van der Waals surface area contributed by atoms with Crippen molar-refractivity contribution in [2.45, 2.75) is 0 Å². The first kappa shape index (κ1) is 13.8. The standard InChI is InChI=1S/C16H11IN2O2/c17-15-10-18-11-19-16(15)21-14-8-6-13(7-9-14)20-12-4-2-1-3-5-12/h1-11H. The van der Waals surface area contributed by atoms with Crippen molar-refractivity contribution in [2.24, 2.45) is 0 Å². The molecule has 3 aromatic rings. The van der Waals surface area contributed by atoms with Crippen LogP contribution in [-0.2, 0) is 0 Å². The summed E-state index contributed by atoms with van der Waals surface area (Å²) in [6.07, 6.45) is 3.17. The Bertz CT molecular complexity index is 718. The first-order chi connectivity index (χ1) is 10.3. The summed E-state index contributed by atoms with van der Waals surface area (Å²) < 4.78 is 12.3. The second-order valence-corrected chi connectivity index (χ2v) is 5.33. The van der Waals surface area contributed by atoms with Gasteiger partial charge in [0, 0.05) is 6.20 Å². The average Bonchev–Trinajstić information content (AvgIpc) is 2.52. The zero-order valence-corrected chi connectivity index (χ0v) is 13.1. The average molecular weight is 390 g/mol. The van der Waals surface area contributed by atoms with Crippen LogP contribution in [0.4, 0.5) is 0 Å². The number of aromatic nitrogens is 2. The fourth-order valence-corrected chi connectivity index (χ4v) is 2.10. The van der Waals surface area contributed by atoms with E-state index >= 15 is 0 Å². The highest BCUT2D eigenvalue weighted by Crippen LogP contribution is 2.27. The van der Waals surface area contributed by atoms with Crippen molar-refractivity contribution in [2.75, 3.05) is 0 Å². The van der Waals surface area contributed by atoms with Crippen molar-refractivity contribution >= 4 is 22.6 Å². The molecule has 104 valence electrons. The third kappa shape index (κ3) is 3.69. The summed E-state index contributed by atoms with van der Waals surface area (Å²) in [4.78, 5) is 8.02. The van der Waals surface area contributed by atoms with Gasteiger partial charge in [0.1, 0.15) is 23.6 Å². The Hall–Kier alpha value is -2.15. The first-order valence-electron chi connectivity index (χ1n) is 6.27. The highest BCUT2D eigenvalue weighted by molar-refractivity contribution is 14.1. The molecule has 1 heterocycles. The lowest BCUT2D eigenvalue weighted by molar-refractivity contribution is 0.452. The maximum Gasteiger partial charge on any atom is 0.235 e. The Morgan fingerprint density at radius 2 is 1.38 bits per heavy atom. The van der Waals surface area contributed by atoms with Crippen LogP contribution in [0.1, 0.15) is 0 Å². The molecular formula is C16H11IN2O2. The molecule has 0 unspecified atom stereocenters. The van der Waals surface area contributed by atoms with E-state index in [1.54, 1.807) is 6.20 Å². The molecule has 0 aliphatic rings. The van der Waals surface area contributed by atoms with Crippen molar-refractivity contribution < 1.29 is 9.47 Å². The molecule has 0 spiro atoms. The van der Waals surface area contributed by atoms with Gasteiger partial charge in [-0.25, -0.2) is 9.97 Å². The molecule has 0 bridgehead atoms. The van der Waals surface area contributed by atoms with Crippen LogP contribution in [0.15, 0.2) is 67.1 Å². The Morgan fingerprint density at radius 1 is 0.762 bits per heavy atom. The molecule has 4 nitrogen and oxygen atoms in total. The van der Waals surface area contributed by atoms with Gasteiger partial charge in [0.2, 0.25) is 5.88 Å². The van der Waals surface area contributed by atoms with Crippen LogP contribution in [0.5, 0.6) is 23.1 Å². The molecule has 0 N–H and O–H groups in total. The second kappa shape index (κ2) is 6.53. The third-order valence-electron chi connectivity index (χ3n) is 2.65. The number of benzene rings is 2. The summed E-state index contributed by atoms with van der Waals surface area (Å²) in [7, 11) is 0. The Balaban J connectivity index is 1.71. The van der Waals surface area contributed by atoms with Gasteiger partial charge < -0.3 is 9.47 Å². The third-order valence-corrected chi connectivity index (χ3v) is 3.39. The van der Waals surface area contributed by atoms with Crippen LogP contribution < -0.4 is 9.47 Å². The number of nitrogens with zero attached hydrogens (tertiary/aromatic N) is 2. The maximum atomic E-state index is 5.72. The van der Waals surface area contributed by atoms with Gasteiger partial charge in [-0.1, -0.05) is 18.2 Å². The molecular weight excluding hydrogens is 379 g/mol. The van der Waals surface area contributed by atoms with Crippen LogP contribution in [0.3, 0.4) is 0 Å². The lowest BCUT2D eigenvalue weighted by Crippen LogP contribution is -1.92. The lowest BCUT2D eigenvalue weighted by Gasteiger charge is -2.08. The van der Waals surface area contributed by atoms with Crippen LogP contribution >= 0.6 is 22.6 Å². The van der Waals surface area contributed by atoms with Gasteiger partial charge in [0.25, 0.3) is 0 Å². The van der Waals surface area contributed by atoms with Crippen molar-refractivity contribution in [1.29, 1.82) is 0 Å². The highest BCUT2D eigenvalue weighted by atomic mass is 127. The van der Waals surface area contributed by atoms with Gasteiger partial charge in [-0.15, -0.1) is 0 Å². The summed E-state index contributed by atoms with van der Waals surface area (Å²) >= 11 is 2.13. The van der Waals surface area contributed by atoms with E-state index in [0.717, 1.165) is 15.1 Å². The van der Waals surface area contributed by atoms with E-state index in [4.69, 9.17) is 9.47 Å². The summed E-state index contributed by atoms with van der Waals surface area (Å²) in [5.74, 6) is 2.80. The number of rotatable bonds is 4. The predicted octanol–water partition coefficient (Wildman–Crippen LogP) is 4.67. The molecule has 0 radical (unpaired) electrons. The number of ether oxygens (including phenoxy) is 2. The summed E-state index contributed by atoms with van der Waals surface area (Å²) in [6, 6.07) is 17.0. The predicted molar refractivity (Wildman–Crippen MR) is 87.8 cm³/mol. The fourth-order valence-electron chi connectivity index (χ4n) is 1.69. The van der Waals surface area contributed by atoms with Gasteiger partial charge in [0.05, 0.1) is 3.57 Å². The van der Waals surface area contributed by atoms with E-state index in [0.29, 0.717) is 11.6 Å². The van der Waals surface area contributed by atoms with E-state index in [1.807, 2.05) is 54.6 Å². The topological polar surface area (TPSA) is 44.2 Å². The minimum absolute atomic E-state index is 0.544. The van der Waals surface area contributed by atoms with Crippen molar-refractivity contribution in [3.8, 4) is 23.1 Å². The van der Waals surface area contributed by atoms with Gasteiger partial charge in [-0.3, -0.25) is 0 Å². The first-order valence-corrected chi connectivity index (χ1v) is 7.35. The van der Waals surface area contributed by atoms with Crippen molar-refractivity contribution in [1.82, 2.24) is 9.97 Å². The molecule has 2 aromatic carbocycles. The number of hydrogen-bond donors (Lipinski definition) is 0. The molecule has 21 heavy (non-hydrogen) atoms. The Labute approximate surface area is 135 Å². The van der Waals surface area contributed by atoms with E-state index in [-0.39, 0.29) is 0 Å². The van der Waals surface area contributed by atoms with Crippen molar-refractivity contribution in [3.63, 3.8) is 0 Å². The van der Waals surface area contributed by atoms with Gasteiger partial charge in [0.15, 0.2) is 0 Å². The van der Waals surface area contributed by atoms with E-state index in [2.05, 4.69) is 32.6 Å². The molecule has 1 aromatic heterocycles. The minimum atomic E-state index is 0.544. The fraction of sp³-hybridized carbons (Fsp3) is 0. The zero-order valence-electron chi connectivity index (χ0n) is 10.9. The van der Waals surface area contributed by atoms with E-state index in [9.17, 15) is 0 Å².